The average molecular weight is 349 g/mol. The number of para-hydroxylation sites is 2. The molecule has 2 heterocycles. The Hall–Kier alpha value is -3.15. The second-order valence-corrected chi connectivity index (χ2v) is 6.23. The minimum atomic E-state index is -0.574. The highest BCUT2D eigenvalue weighted by Gasteiger charge is 2.27. The van der Waals surface area contributed by atoms with Gasteiger partial charge in [-0.05, 0) is 29.8 Å². The highest BCUT2D eigenvalue weighted by atomic mass is 16.5. The first kappa shape index (κ1) is 16.3. The molecule has 1 aromatic heterocycles. The van der Waals surface area contributed by atoms with Gasteiger partial charge in [0.1, 0.15) is 12.4 Å². The molecule has 0 saturated heterocycles. The van der Waals surface area contributed by atoms with Gasteiger partial charge in [-0.2, -0.15) is 0 Å². The minimum absolute atomic E-state index is 0.226. The van der Waals surface area contributed by atoms with Gasteiger partial charge in [0, 0.05) is 19.0 Å². The monoisotopic (exact) mass is 349 g/mol. The third kappa shape index (κ3) is 2.94. The van der Waals surface area contributed by atoms with Crippen molar-refractivity contribution in [1.29, 1.82) is 0 Å². The van der Waals surface area contributed by atoms with Crippen LogP contribution in [0.2, 0.25) is 0 Å². The molecule has 1 aliphatic heterocycles. The molecule has 0 amide bonds. The quantitative estimate of drug-likeness (QED) is 0.679. The Bertz CT molecular complexity index is 989. The summed E-state index contributed by atoms with van der Waals surface area (Å²) in [7, 11) is 3.39. The van der Waals surface area contributed by atoms with Crippen LogP contribution < -0.4 is 0 Å². The van der Waals surface area contributed by atoms with Crippen LogP contribution in [0.5, 0.6) is 0 Å². The van der Waals surface area contributed by atoms with Crippen LogP contribution >= 0.6 is 0 Å². The molecule has 26 heavy (non-hydrogen) atoms. The molecule has 1 aliphatic rings. The van der Waals surface area contributed by atoms with E-state index in [-0.39, 0.29) is 12.6 Å². The summed E-state index contributed by atoms with van der Waals surface area (Å²) in [4.78, 5) is 20.5. The largest absolute Gasteiger partial charge is 0.475 e. The van der Waals surface area contributed by atoms with E-state index in [1.54, 1.807) is 0 Å². The third-order valence-corrected chi connectivity index (χ3v) is 4.57. The summed E-state index contributed by atoms with van der Waals surface area (Å²) in [5, 5.41) is 0. The van der Waals surface area contributed by atoms with Crippen LogP contribution in [0.15, 0.2) is 53.5 Å². The van der Waals surface area contributed by atoms with E-state index in [1.165, 1.54) is 7.11 Å². The molecule has 0 fully saturated rings. The molecule has 132 valence electrons. The number of hydrogen-bond donors (Lipinski definition) is 0. The number of methoxy groups -OCH3 is 1. The van der Waals surface area contributed by atoms with Gasteiger partial charge in [-0.25, -0.2) is 14.8 Å². The lowest BCUT2D eigenvalue weighted by Gasteiger charge is -2.05. The highest BCUT2D eigenvalue weighted by Crippen LogP contribution is 2.18. The highest BCUT2D eigenvalue weighted by molar-refractivity contribution is 5.97. The number of aromatic nitrogens is 2. The van der Waals surface area contributed by atoms with Gasteiger partial charge in [-0.1, -0.05) is 24.3 Å². The number of nitrogens with zero attached hydrogens (tertiary/aromatic N) is 3. The molecular formula is C20H19N3O3. The molecule has 2 aromatic carbocycles. The van der Waals surface area contributed by atoms with Crippen LogP contribution in [-0.2, 0) is 27.7 Å². The number of aryl methyl sites for hydroxylation is 1. The van der Waals surface area contributed by atoms with E-state index in [0.717, 1.165) is 34.4 Å². The van der Waals surface area contributed by atoms with Crippen molar-refractivity contribution < 1.29 is 14.3 Å². The van der Waals surface area contributed by atoms with Crippen LogP contribution in [0.25, 0.3) is 11.0 Å². The van der Waals surface area contributed by atoms with Gasteiger partial charge >= 0.3 is 5.97 Å². The molecular weight excluding hydrogens is 330 g/mol. The van der Waals surface area contributed by atoms with Crippen LogP contribution in [0.1, 0.15) is 17.0 Å². The normalized spacial score (nSPS) is 16.4. The van der Waals surface area contributed by atoms with Gasteiger partial charge in [-0.3, -0.25) is 0 Å². The number of fused-ring (bicyclic) bond motifs is 1. The predicted octanol–water partition coefficient (Wildman–Crippen LogP) is 2.48. The summed E-state index contributed by atoms with van der Waals surface area (Å²) in [6.45, 7) is 0.226. The fraction of sp³-hybridized carbons (Fsp3) is 0.250. The number of rotatable bonds is 4. The Balaban J connectivity index is 1.53. The van der Waals surface area contributed by atoms with E-state index in [1.807, 2.05) is 49.5 Å². The van der Waals surface area contributed by atoms with Crippen molar-refractivity contribution in [3.05, 3.63) is 65.5 Å². The van der Waals surface area contributed by atoms with Crippen molar-refractivity contribution in [3.8, 4) is 0 Å². The summed E-state index contributed by atoms with van der Waals surface area (Å²) in [5.74, 6) is 1.12. The summed E-state index contributed by atoms with van der Waals surface area (Å²) in [6.07, 6.45) is 0.740. The maximum absolute atomic E-state index is 11.5. The first-order valence-corrected chi connectivity index (χ1v) is 8.44. The molecule has 0 saturated carbocycles. The lowest BCUT2D eigenvalue weighted by atomic mass is 10.1. The number of carbonyl (C=O) groups excluding carboxylic acids is 1. The Kier molecular flexibility index (Phi) is 4.16. The SMILES string of the molecule is COC(=O)C1COC(c2ccc(Cc3nc4ccccc4n3C)cc2)=N1. The summed E-state index contributed by atoms with van der Waals surface area (Å²) >= 11 is 0. The molecule has 0 radical (unpaired) electrons. The van der Waals surface area contributed by atoms with Crippen molar-refractivity contribution in [2.45, 2.75) is 12.5 Å². The van der Waals surface area contributed by atoms with Gasteiger partial charge in [0.2, 0.25) is 5.90 Å². The van der Waals surface area contributed by atoms with Crippen molar-refractivity contribution >= 4 is 22.9 Å². The Morgan fingerprint density at radius 3 is 2.73 bits per heavy atom. The fourth-order valence-corrected chi connectivity index (χ4v) is 3.09. The zero-order valence-electron chi connectivity index (χ0n) is 14.7. The average Bonchev–Trinajstić information content (AvgIpc) is 3.28. The van der Waals surface area contributed by atoms with E-state index in [4.69, 9.17) is 14.5 Å². The molecule has 0 N–H and O–H groups in total. The van der Waals surface area contributed by atoms with E-state index in [0.29, 0.717) is 5.90 Å². The van der Waals surface area contributed by atoms with Crippen molar-refractivity contribution in [2.24, 2.45) is 12.0 Å². The number of esters is 1. The lowest BCUT2D eigenvalue weighted by molar-refractivity contribution is -0.142. The predicted molar refractivity (Wildman–Crippen MR) is 98.3 cm³/mol. The molecule has 0 spiro atoms. The number of aliphatic imine (C=N–C) groups is 1. The number of imidazole rings is 1. The van der Waals surface area contributed by atoms with Gasteiger partial charge in [0.05, 0.1) is 18.1 Å². The van der Waals surface area contributed by atoms with Gasteiger partial charge in [-0.15, -0.1) is 0 Å². The first-order valence-electron chi connectivity index (χ1n) is 8.44. The van der Waals surface area contributed by atoms with E-state index < -0.39 is 6.04 Å². The summed E-state index contributed by atoms with van der Waals surface area (Å²) in [6, 6.07) is 15.5. The number of benzene rings is 2. The standard InChI is InChI=1S/C20H19N3O3/c1-23-17-6-4-3-5-15(17)21-18(23)11-13-7-9-14(10-8-13)19-22-16(12-26-19)20(24)25-2/h3-10,16H,11-12H2,1-2H3. The maximum atomic E-state index is 11.5. The maximum Gasteiger partial charge on any atom is 0.334 e. The summed E-state index contributed by atoms with van der Waals surface area (Å²) < 4.78 is 12.3. The van der Waals surface area contributed by atoms with Crippen molar-refractivity contribution in [2.75, 3.05) is 13.7 Å². The number of hydrogen-bond acceptors (Lipinski definition) is 5. The molecule has 0 aliphatic carbocycles. The number of ether oxygens (including phenoxy) is 2. The second kappa shape index (κ2) is 6.63. The van der Waals surface area contributed by atoms with E-state index in [9.17, 15) is 4.79 Å². The molecule has 6 nitrogen and oxygen atoms in total. The lowest BCUT2D eigenvalue weighted by Crippen LogP contribution is -2.21. The Morgan fingerprint density at radius 2 is 2.00 bits per heavy atom. The van der Waals surface area contributed by atoms with Crippen LogP contribution in [0, 0.1) is 0 Å². The van der Waals surface area contributed by atoms with Gasteiger partial charge in [0.15, 0.2) is 6.04 Å². The third-order valence-electron chi connectivity index (χ3n) is 4.57. The summed E-state index contributed by atoms with van der Waals surface area (Å²) in [5.41, 5.74) is 4.13. The molecule has 4 rings (SSSR count). The molecule has 3 aromatic rings. The molecule has 0 bridgehead atoms. The minimum Gasteiger partial charge on any atom is -0.475 e. The van der Waals surface area contributed by atoms with E-state index >= 15 is 0 Å². The molecule has 6 heteroatoms. The van der Waals surface area contributed by atoms with Crippen molar-refractivity contribution in [1.82, 2.24) is 9.55 Å². The second-order valence-electron chi connectivity index (χ2n) is 6.23. The molecule has 1 unspecified atom stereocenters. The van der Waals surface area contributed by atoms with Gasteiger partial charge < -0.3 is 14.0 Å². The topological polar surface area (TPSA) is 65.7 Å². The van der Waals surface area contributed by atoms with Crippen LogP contribution in [0.3, 0.4) is 0 Å². The van der Waals surface area contributed by atoms with Crippen molar-refractivity contribution in [3.63, 3.8) is 0 Å². The Morgan fingerprint density at radius 1 is 1.23 bits per heavy atom. The zero-order chi connectivity index (χ0) is 18.1. The van der Waals surface area contributed by atoms with E-state index in [2.05, 4.69) is 15.6 Å². The fourth-order valence-electron chi connectivity index (χ4n) is 3.09. The van der Waals surface area contributed by atoms with Crippen LogP contribution in [-0.4, -0.2) is 41.2 Å². The molecule has 1 atom stereocenters. The Labute approximate surface area is 151 Å². The smallest absolute Gasteiger partial charge is 0.334 e. The van der Waals surface area contributed by atoms with Gasteiger partial charge in [0.25, 0.3) is 0 Å². The zero-order valence-corrected chi connectivity index (χ0v) is 14.7. The first-order chi connectivity index (χ1) is 12.7. The van der Waals surface area contributed by atoms with Crippen LogP contribution in [0.4, 0.5) is 0 Å². The number of carbonyl (C=O) groups is 1.